The molecule has 9 nitrogen and oxygen atoms in total. The van der Waals surface area contributed by atoms with Gasteiger partial charge in [0.2, 0.25) is 0 Å². The van der Waals surface area contributed by atoms with Crippen molar-refractivity contribution in [3.63, 3.8) is 0 Å². The van der Waals surface area contributed by atoms with Gasteiger partial charge in [-0.05, 0) is 32.0 Å². The SMILES string of the molecule is CCOC(Cn1cc(C(=O)N2CCN(C(=O)c3cccc(Cl)c3)CC2)nn1)OCC. The van der Waals surface area contributed by atoms with Crippen LogP contribution < -0.4 is 0 Å². The number of ether oxygens (including phenoxy) is 2. The first-order chi connectivity index (χ1) is 14.5. The van der Waals surface area contributed by atoms with E-state index in [1.807, 2.05) is 13.8 Å². The number of benzene rings is 1. The Morgan fingerprint density at radius 1 is 1.07 bits per heavy atom. The Bertz CT molecular complexity index is 860. The molecule has 10 heteroatoms. The molecule has 1 aromatic heterocycles. The number of aromatic nitrogens is 3. The number of nitrogens with zero attached hydrogens (tertiary/aromatic N) is 5. The molecule has 1 saturated heterocycles. The highest BCUT2D eigenvalue weighted by Gasteiger charge is 2.27. The number of amides is 2. The van der Waals surface area contributed by atoms with Crippen LogP contribution in [0.4, 0.5) is 0 Å². The molecule has 0 radical (unpaired) electrons. The van der Waals surface area contributed by atoms with Crippen molar-refractivity contribution in [2.75, 3.05) is 39.4 Å². The maximum atomic E-state index is 12.8. The zero-order valence-electron chi connectivity index (χ0n) is 17.2. The number of halogens is 1. The van der Waals surface area contributed by atoms with Crippen LogP contribution in [0.2, 0.25) is 5.02 Å². The lowest BCUT2D eigenvalue weighted by atomic mass is 10.2. The quantitative estimate of drug-likeness (QED) is 0.588. The second kappa shape index (κ2) is 10.5. The van der Waals surface area contributed by atoms with Gasteiger partial charge in [0.25, 0.3) is 11.8 Å². The number of hydrogen-bond acceptors (Lipinski definition) is 6. The van der Waals surface area contributed by atoms with Crippen molar-refractivity contribution in [1.29, 1.82) is 0 Å². The second-order valence-electron chi connectivity index (χ2n) is 6.76. The molecule has 0 atom stereocenters. The van der Waals surface area contributed by atoms with Crippen molar-refractivity contribution in [1.82, 2.24) is 24.8 Å². The minimum atomic E-state index is -0.439. The van der Waals surface area contributed by atoms with E-state index in [0.29, 0.717) is 56.5 Å². The summed E-state index contributed by atoms with van der Waals surface area (Å²) in [6, 6.07) is 6.87. The van der Waals surface area contributed by atoms with Gasteiger partial charge in [0.05, 0.1) is 12.7 Å². The predicted octanol–water partition coefficient (Wildman–Crippen LogP) is 1.93. The lowest BCUT2D eigenvalue weighted by Gasteiger charge is -2.34. The smallest absolute Gasteiger partial charge is 0.276 e. The molecule has 1 aliphatic rings. The van der Waals surface area contributed by atoms with E-state index in [4.69, 9.17) is 21.1 Å². The van der Waals surface area contributed by atoms with Crippen LogP contribution in [0.1, 0.15) is 34.7 Å². The van der Waals surface area contributed by atoms with E-state index in [9.17, 15) is 9.59 Å². The van der Waals surface area contributed by atoms with Crippen molar-refractivity contribution >= 4 is 23.4 Å². The van der Waals surface area contributed by atoms with Crippen LogP contribution in [0, 0.1) is 0 Å². The van der Waals surface area contributed by atoms with Gasteiger partial charge < -0.3 is 19.3 Å². The number of carbonyl (C=O) groups is 2. The second-order valence-corrected chi connectivity index (χ2v) is 7.20. The molecular formula is C20H26ClN5O4. The average molecular weight is 436 g/mol. The first-order valence-corrected chi connectivity index (χ1v) is 10.4. The lowest BCUT2D eigenvalue weighted by molar-refractivity contribution is -0.145. The summed E-state index contributed by atoms with van der Waals surface area (Å²) in [5.41, 5.74) is 0.805. The molecule has 1 aromatic carbocycles. The van der Waals surface area contributed by atoms with E-state index in [1.54, 1.807) is 44.9 Å². The number of hydrogen-bond donors (Lipinski definition) is 0. The summed E-state index contributed by atoms with van der Waals surface area (Å²) in [6.07, 6.45) is 1.15. The van der Waals surface area contributed by atoms with Crippen molar-refractivity contribution in [2.24, 2.45) is 0 Å². The molecule has 0 bridgehead atoms. The molecule has 2 amide bonds. The van der Waals surface area contributed by atoms with E-state index in [2.05, 4.69) is 10.3 Å². The van der Waals surface area contributed by atoms with E-state index in [-0.39, 0.29) is 17.5 Å². The average Bonchev–Trinajstić information content (AvgIpc) is 3.21. The highest BCUT2D eigenvalue weighted by molar-refractivity contribution is 6.30. The van der Waals surface area contributed by atoms with E-state index in [1.165, 1.54) is 0 Å². The van der Waals surface area contributed by atoms with Crippen LogP contribution in [-0.4, -0.2) is 82.3 Å². The molecule has 3 rings (SSSR count). The van der Waals surface area contributed by atoms with Gasteiger partial charge in [-0.1, -0.05) is 22.9 Å². The first kappa shape index (κ1) is 22.2. The summed E-state index contributed by atoms with van der Waals surface area (Å²) >= 11 is 5.97. The normalized spacial score (nSPS) is 14.4. The minimum Gasteiger partial charge on any atom is -0.351 e. The molecule has 1 fully saturated rings. The first-order valence-electron chi connectivity index (χ1n) is 9.99. The third kappa shape index (κ3) is 5.56. The summed E-state index contributed by atoms with van der Waals surface area (Å²) < 4.78 is 12.5. The maximum Gasteiger partial charge on any atom is 0.276 e. The lowest BCUT2D eigenvalue weighted by Crippen LogP contribution is -2.50. The molecule has 0 unspecified atom stereocenters. The Labute approximate surface area is 180 Å². The standard InChI is InChI=1S/C20H26ClN5O4/c1-3-29-18(30-4-2)14-26-13-17(22-23-26)20(28)25-10-8-24(9-11-25)19(27)15-6-5-7-16(21)12-15/h5-7,12-13,18H,3-4,8-11,14H2,1-2H3. The summed E-state index contributed by atoms with van der Waals surface area (Å²) in [5, 5.41) is 8.52. The van der Waals surface area contributed by atoms with E-state index < -0.39 is 6.29 Å². The highest BCUT2D eigenvalue weighted by atomic mass is 35.5. The fraction of sp³-hybridized carbons (Fsp3) is 0.500. The van der Waals surface area contributed by atoms with Crippen LogP contribution in [0.3, 0.4) is 0 Å². The fourth-order valence-electron chi connectivity index (χ4n) is 3.24. The number of piperazine rings is 1. The Kier molecular flexibility index (Phi) is 7.78. The Balaban J connectivity index is 1.55. The number of carbonyl (C=O) groups excluding carboxylic acids is 2. The van der Waals surface area contributed by atoms with Crippen LogP contribution in [-0.2, 0) is 16.0 Å². The Morgan fingerprint density at radius 3 is 2.30 bits per heavy atom. The molecule has 2 heterocycles. The van der Waals surface area contributed by atoms with Gasteiger partial charge in [-0.15, -0.1) is 5.10 Å². The zero-order valence-corrected chi connectivity index (χ0v) is 17.9. The van der Waals surface area contributed by atoms with Gasteiger partial charge in [-0.3, -0.25) is 9.59 Å². The van der Waals surface area contributed by atoms with Gasteiger partial charge in [0, 0.05) is 50.0 Å². The van der Waals surface area contributed by atoms with Crippen molar-refractivity contribution in [3.8, 4) is 0 Å². The Hall–Kier alpha value is -2.49. The van der Waals surface area contributed by atoms with Gasteiger partial charge in [0.1, 0.15) is 0 Å². The summed E-state index contributed by atoms with van der Waals surface area (Å²) in [7, 11) is 0. The predicted molar refractivity (Wildman–Crippen MR) is 110 cm³/mol. The molecule has 0 saturated carbocycles. The molecular weight excluding hydrogens is 410 g/mol. The van der Waals surface area contributed by atoms with Crippen LogP contribution in [0.25, 0.3) is 0 Å². The largest absolute Gasteiger partial charge is 0.351 e. The monoisotopic (exact) mass is 435 g/mol. The van der Waals surface area contributed by atoms with Gasteiger partial charge in [0.15, 0.2) is 12.0 Å². The van der Waals surface area contributed by atoms with E-state index in [0.717, 1.165) is 0 Å². The van der Waals surface area contributed by atoms with Crippen molar-refractivity contribution in [3.05, 3.63) is 46.7 Å². The molecule has 0 spiro atoms. The third-order valence-electron chi connectivity index (χ3n) is 4.72. The molecule has 162 valence electrons. The molecule has 0 N–H and O–H groups in total. The van der Waals surface area contributed by atoms with Gasteiger partial charge in [-0.2, -0.15) is 0 Å². The molecule has 30 heavy (non-hydrogen) atoms. The molecule has 1 aliphatic heterocycles. The topological polar surface area (TPSA) is 89.8 Å². The van der Waals surface area contributed by atoms with Gasteiger partial charge in [-0.25, -0.2) is 4.68 Å². The van der Waals surface area contributed by atoms with E-state index >= 15 is 0 Å². The fourth-order valence-corrected chi connectivity index (χ4v) is 3.43. The van der Waals surface area contributed by atoms with Crippen LogP contribution in [0.5, 0.6) is 0 Å². The summed E-state index contributed by atoms with van der Waals surface area (Å²) in [5.74, 6) is -0.297. The maximum absolute atomic E-state index is 12.8. The summed E-state index contributed by atoms with van der Waals surface area (Å²) in [4.78, 5) is 28.8. The summed E-state index contributed by atoms with van der Waals surface area (Å²) in [6.45, 7) is 6.91. The van der Waals surface area contributed by atoms with Gasteiger partial charge >= 0.3 is 0 Å². The third-order valence-corrected chi connectivity index (χ3v) is 4.96. The van der Waals surface area contributed by atoms with Crippen molar-refractivity contribution in [2.45, 2.75) is 26.7 Å². The van der Waals surface area contributed by atoms with Crippen molar-refractivity contribution < 1.29 is 19.1 Å². The number of rotatable bonds is 8. The minimum absolute atomic E-state index is 0.0894. The zero-order chi connectivity index (χ0) is 21.5. The van der Waals surface area contributed by atoms with Crippen LogP contribution >= 0.6 is 11.6 Å². The van der Waals surface area contributed by atoms with Crippen LogP contribution in [0.15, 0.2) is 30.5 Å². The highest BCUT2D eigenvalue weighted by Crippen LogP contribution is 2.15. The molecule has 2 aromatic rings. The molecule has 0 aliphatic carbocycles. The Morgan fingerprint density at radius 2 is 1.70 bits per heavy atom.